The first kappa shape index (κ1) is 14.1. The molecule has 1 heterocycles. The number of halogens is 1. The van der Waals surface area contributed by atoms with Gasteiger partial charge in [-0.2, -0.15) is 4.98 Å². The lowest BCUT2D eigenvalue weighted by Gasteiger charge is -1.98. The molecule has 2 N–H and O–H groups in total. The molecule has 1 aromatic carbocycles. The Morgan fingerprint density at radius 3 is 2.80 bits per heavy atom. The summed E-state index contributed by atoms with van der Waals surface area (Å²) in [5.41, 5.74) is 0.673. The zero-order chi connectivity index (χ0) is 14.4. The highest BCUT2D eigenvalue weighted by molar-refractivity contribution is 5.66. The molecule has 0 atom stereocenters. The number of benzene rings is 1. The fraction of sp³-hybridized carbons (Fsp3) is 0.308. The van der Waals surface area contributed by atoms with Crippen LogP contribution in [0.1, 0.15) is 18.7 Å². The predicted octanol–water partition coefficient (Wildman–Crippen LogP) is 1.83. The Balaban J connectivity index is 1.83. The van der Waals surface area contributed by atoms with Crippen LogP contribution in [0.25, 0.3) is 11.4 Å². The van der Waals surface area contributed by atoms with E-state index in [-0.39, 0.29) is 12.2 Å². The molecule has 0 spiro atoms. The second-order valence-electron chi connectivity index (χ2n) is 4.19. The van der Waals surface area contributed by atoms with Crippen molar-refractivity contribution in [3.05, 3.63) is 36.0 Å². The van der Waals surface area contributed by atoms with Gasteiger partial charge in [0.25, 0.3) is 0 Å². The van der Waals surface area contributed by atoms with E-state index < -0.39 is 5.97 Å². The van der Waals surface area contributed by atoms with Crippen LogP contribution < -0.4 is 5.32 Å². The maximum absolute atomic E-state index is 12.8. The summed E-state index contributed by atoms with van der Waals surface area (Å²) >= 11 is 0. The molecule has 0 saturated carbocycles. The molecule has 1 aromatic heterocycles. The van der Waals surface area contributed by atoms with Gasteiger partial charge >= 0.3 is 5.97 Å². The topological polar surface area (TPSA) is 88.2 Å². The second kappa shape index (κ2) is 6.76. The summed E-state index contributed by atoms with van der Waals surface area (Å²) in [5, 5.41) is 15.3. The Labute approximate surface area is 114 Å². The lowest BCUT2D eigenvalue weighted by atomic mass is 10.2. The highest BCUT2D eigenvalue weighted by Crippen LogP contribution is 2.15. The standard InChI is InChI=1S/C13H14FN3O3/c14-10-5-3-9(4-6-10)13-16-11(20-17-13)8-15-7-1-2-12(18)19/h3-6,15H,1-2,7-8H2,(H,18,19). The van der Waals surface area contributed by atoms with E-state index in [0.29, 0.717) is 36.8 Å². The minimum Gasteiger partial charge on any atom is -0.481 e. The number of aliphatic carboxylic acids is 1. The van der Waals surface area contributed by atoms with E-state index in [1.165, 1.54) is 12.1 Å². The largest absolute Gasteiger partial charge is 0.481 e. The molecule has 0 radical (unpaired) electrons. The fourth-order valence-electron chi connectivity index (χ4n) is 1.60. The van der Waals surface area contributed by atoms with Crippen LogP contribution in [-0.4, -0.2) is 27.8 Å². The zero-order valence-electron chi connectivity index (χ0n) is 10.7. The first-order valence-corrected chi connectivity index (χ1v) is 6.16. The van der Waals surface area contributed by atoms with Gasteiger partial charge in [-0.1, -0.05) is 5.16 Å². The van der Waals surface area contributed by atoms with Crippen LogP contribution in [0.4, 0.5) is 4.39 Å². The Morgan fingerprint density at radius 1 is 1.35 bits per heavy atom. The number of carboxylic acids is 1. The van der Waals surface area contributed by atoms with Crippen LogP contribution in [0.15, 0.2) is 28.8 Å². The number of nitrogens with one attached hydrogen (secondary N) is 1. The number of rotatable bonds is 7. The van der Waals surface area contributed by atoms with Crippen molar-refractivity contribution in [1.29, 1.82) is 0 Å². The van der Waals surface area contributed by atoms with E-state index in [1.807, 2.05) is 0 Å². The van der Waals surface area contributed by atoms with Crippen LogP contribution in [0.5, 0.6) is 0 Å². The Morgan fingerprint density at radius 2 is 2.10 bits per heavy atom. The summed E-state index contributed by atoms with van der Waals surface area (Å²) in [6.45, 7) is 0.925. The molecule has 2 aromatic rings. The van der Waals surface area contributed by atoms with Gasteiger partial charge in [-0.05, 0) is 37.2 Å². The fourth-order valence-corrected chi connectivity index (χ4v) is 1.60. The van der Waals surface area contributed by atoms with Crippen molar-refractivity contribution in [1.82, 2.24) is 15.5 Å². The molecule has 0 aliphatic carbocycles. The molecule has 0 aliphatic heterocycles. The number of nitrogens with zero attached hydrogens (tertiary/aromatic N) is 2. The molecule has 6 nitrogen and oxygen atoms in total. The minimum absolute atomic E-state index is 0.123. The number of hydrogen-bond donors (Lipinski definition) is 2. The van der Waals surface area contributed by atoms with Gasteiger partial charge in [0.05, 0.1) is 6.54 Å². The number of carbonyl (C=O) groups is 1. The van der Waals surface area contributed by atoms with E-state index in [0.717, 1.165) is 0 Å². The minimum atomic E-state index is -0.816. The van der Waals surface area contributed by atoms with Gasteiger partial charge in [0, 0.05) is 12.0 Å². The second-order valence-corrected chi connectivity index (χ2v) is 4.19. The van der Waals surface area contributed by atoms with Crippen LogP contribution in [0.2, 0.25) is 0 Å². The maximum atomic E-state index is 12.8. The molecule has 106 valence electrons. The highest BCUT2D eigenvalue weighted by Gasteiger charge is 2.08. The molecule has 0 saturated heterocycles. The van der Waals surface area contributed by atoms with Crippen molar-refractivity contribution in [2.75, 3.05) is 6.54 Å². The van der Waals surface area contributed by atoms with Crippen molar-refractivity contribution in [3.8, 4) is 11.4 Å². The lowest BCUT2D eigenvalue weighted by molar-refractivity contribution is -0.137. The lowest BCUT2D eigenvalue weighted by Crippen LogP contribution is -2.15. The third-order valence-corrected chi connectivity index (χ3v) is 2.59. The molecule has 0 amide bonds. The first-order chi connectivity index (χ1) is 9.65. The SMILES string of the molecule is O=C(O)CCCNCc1nc(-c2ccc(F)cc2)no1. The average molecular weight is 279 g/mol. The summed E-state index contributed by atoms with van der Waals surface area (Å²) in [4.78, 5) is 14.5. The van der Waals surface area contributed by atoms with Gasteiger partial charge in [-0.15, -0.1) is 0 Å². The molecule has 0 bridgehead atoms. The van der Waals surface area contributed by atoms with Crippen molar-refractivity contribution >= 4 is 5.97 Å². The molecule has 7 heteroatoms. The Hall–Kier alpha value is -2.28. The molecular weight excluding hydrogens is 265 g/mol. The van der Waals surface area contributed by atoms with E-state index >= 15 is 0 Å². The van der Waals surface area contributed by atoms with Crippen LogP contribution in [-0.2, 0) is 11.3 Å². The summed E-state index contributed by atoms with van der Waals surface area (Å²) in [6.07, 6.45) is 0.659. The molecular formula is C13H14FN3O3. The summed E-state index contributed by atoms with van der Waals surface area (Å²) in [6, 6.07) is 5.81. The number of hydrogen-bond acceptors (Lipinski definition) is 5. The summed E-state index contributed by atoms with van der Waals surface area (Å²) in [7, 11) is 0. The molecule has 2 rings (SSSR count). The molecule has 0 fully saturated rings. The predicted molar refractivity (Wildman–Crippen MR) is 68.3 cm³/mol. The average Bonchev–Trinajstić information content (AvgIpc) is 2.87. The van der Waals surface area contributed by atoms with Crippen LogP contribution >= 0.6 is 0 Å². The van der Waals surface area contributed by atoms with Crippen molar-refractivity contribution in [2.24, 2.45) is 0 Å². The Bertz CT molecular complexity index is 568. The van der Waals surface area contributed by atoms with Crippen molar-refractivity contribution in [2.45, 2.75) is 19.4 Å². The van der Waals surface area contributed by atoms with Gasteiger partial charge in [0.2, 0.25) is 11.7 Å². The molecule has 0 unspecified atom stereocenters. The summed E-state index contributed by atoms with van der Waals surface area (Å²) < 4.78 is 17.8. The summed E-state index contributed by atoms with van der Waals surface area (Å²) in [5.74, 6) is -0.340. The van der Waals surface area contributed by atoms with E-state index in [4.69, 9.17) is 9.63 Å². The van der Waals surface area contributed by atoms with Gasteiger partial charge in [-0.25, -0.2) is 4.39 Å². The van der Waals surface area contributed by atoms with E-state index in [2.05, 4.69) is 15.5 Å². The van der Waals surface area contributed by atoms with Crippen LogP contribution in [0.3, 0.4) is 0 Å². The van der Waals surface area contributed by atoms with Crippen LogP contribution in [0, 0.1) is 5.82 Å². The number of aromatic nitrogens is 2. The highest BCUT2D eigenvalue weighted by atomic mass is 19.1. The number of carboxylic acid groups (broad SMARTS) is 1. The normalized spacial score (nSPS) is 10.7. The van der Waals surface area contributed by atoms with Gasteiger partial charge < -0.3 is 14.9 Å². The smallest absolute Gasteiger partial charge is 0.303 e. The van der Waals surface area contributed by atoms with E-state index in [1.54, 1.807) is 12.1 Å². The van der Waals surface area contributed by atoms with Crippen molar-refractivity contribution in [3.63, 3.8) is 0 Å². The van der Waals surface area contributed by atoms with Gasteiger partial charge in [-0.3, -0.25) is 4.79 Å². The Kier molecular flexibility index (Phi) is 4.78. The molecule has 20 heavy (non-hydrogen) atoms. The third kappa shape index (κ3) is 4.13. The third-order valence-electron chi connectivity index (χ3n) is 2.59. The zero-order valence-corrected chi connectivity index (χ0v) is 10.7. The monoisotopic (exact) mass is 279 g/mol. The molecule has 0 aliphatic rings. The first-order valence-electron chi connectivity index (χ1n) is 6.16. The maximum Gasteiger partial charge on any atom is 0.303 e. The quantitative estimate of drug-likeness (QED) is 0.752. The van der Waals surface area contributed by atoms with Crippen molar-refractivity contribution < 1.29 is 18.8 Å². The van der Waals surface area contributed by atoms with Gasteiger partial charge in [0.15, 0.2) is 0 Å². The van der Waals surface area contributed by atoms with Gasteiger partial charge in [0.1, 0.15) is 5.82 Å². The van der Waals surface area contributed by atoms with E-state index in [9.17, 15) is 9.18 Å².